The summed E-state index contributed by atoms with van der Waals surface area (Å²) in [5.41, 5.74) is 1.99. The minimum atomic E-state index is -0.278. The first-order valence-corrected chi connectivity index (χ1v) is 7.03. The molecule has 112 valence electrons. The lowest BCUT2D eigenvalue weighted by Crippen LogP contribution is -2.09. The lowest BCUT2D eigenvalue weighted by atomic mass is 10.2. The summed E-state index contributed by atoms with van der Waals surface area (Å²) >= 11 is 6.01. The van der Waals surface area contributed by atoms with Crippen LogP contribution in [0.1, 0.15) is 12.5 Å². The molecule has 0 saturated heterocycles. The number of nitrogens with one attached hydrogen (secondary N) is 2. The lowest BCUT2D eigenvalue weighted by molar-refractivity contribution is -0.114. The van der Waals surface area contributed by atoms with Crippen LogP contribution in [0.4, 0.5) is 11.4 Å². The maximum absolute atomic E-state index is 11.9. The van der Waals surface area contributed by atoms with E-state index in [0.29, 0.717) is 16.4 Å². The SMILES string of the molecule is CC(=O)Nc1cccc(NC(=O)/C=C/c2ccccc2Cl)c1. The number of halogens is 1. The van der Waals surface area contributed by atoms with Crippen molar-refractivity contribution in [3.05, 3.63) is 65.2 Å². The minimum Gasteiger partial charge on any atom is -0.326 e. The third kappa shape index (κ3) is 4.75. The first kappa shape index (κ1) is 15.8. The molecule has 0 radical (unpaired) electrons. The first-order valence-electron chi connectivity index (χ1n) is 6.66. The van der Waals surface area contributed by atoms with Crippen LogP contribution in [0.5, 0.6) is 0 Å². The van der Waals surface area contributed by atoms with Gasteiger partial charge in [0.1, 0.15) is 0 Å². The van der Waals surface area contributed by atoms with Crippen LogP contribution in [0.3, 0.4) is 0 Å². The Kier molecular flexibility index (Phi) is 5.33. The van der Waals surface area contributed by atoms with Crippen molar-refractivity contribution in [3.8, 4) is 0 Å². The fourth-order valence-electron chi connectivity index (χ4n) is 1.84. The van der Waals surface area contributed by atoms with Crippen LogP contribution in [-0.4, -0.2) is 11.8 Å². The van der Waals surface area contributed by atoms with E-state index < -0.39 is 0 Å². The van der Waals surface area contributed by atoms with Crippen molar-refractivity contribution in [1.82, 2.24) is 0 Å². The molecule has 22 heavy (non-hydrogen) atoms. The van der Waals surface area contributed by atoms with E-state index in [0.717, 1.165) is 5.56 Å². The van der Waals surface area contributed by atoms with Crippen molar-refractivity contribution < 1.29 is 9.59 Å². The Morgan fingerprint density at radius 2 is 1.68 bits per heavy atom. The molecule has 2 aromatic carbocycles. The summed E-state index contributed by atoms with van der Waals surface area (Å²) in [6.07, 6.45) is 3.06. The molecule has 2 N–H and O–H groups in total. The Bertz CT molecular complexity index is 726. The summed E-state index contributed by atoms with van der Waals surface area (Å²) in [5.74, 6) is -0.443. The van der Waals surface area contributed by atoms with E-state index in [-0.39, 0.29) is 11.8 Å². The maximum atomic E-state index is 11.9. The van der Waals surface area contributed by atoms with Crippen molar-refractivity contribution in [3.63, 3.8) is 0 Å². The van der Waals surface area contributed by atoms with Gasteiger partial charge < -0.3 is 10.6 Å². The summed E-state index contributed by atoms with van der Waals surface area (Å²) in [6.45, 7) is 1.43. The predicted molar refractivity (Wildman–Crippen MR) is 89.9 cm³/mol. The molecule has 0 unspecified atom stereocenters. The van der Waals surface area contributed by atoms with E-state index in [1.807, 2.05) is 18.2 Å². The second-order valence-corrected chi connectivity index (χ2v) is 5.01. The van der Waals surface area contributed by atoms with E-state index in [1.54, 1.807) is 36.4 Å². The van der Waals surface area contributed by atoms with Crippen LogP contribution in [0.2, 0.25) is 5.02 Å². The Balaban J connectivity index is 2.03. The van der Waals surface area contributed by atoms with Crippen molar-refractivity contribution >= 4 is 40.9 Å². The molecule has 0 bridgehead atoms. The second-order valence-electron chi connectivity index (χ2n) is 4.61. The van der Waals surface area contributed by atoms with Crippen LogP contribution >= 0.6 is 11.6 Å². The number of hydrogen-bond donors (Lipinski definition) is 2. The fraction of sp³-hybridized carbons (Fsp3) is 0.0588. The van der Waals surface area contributed by atoms with Gasteiger partial charge in [0, 0.05) is 29.4 Å². The van der Waals surface area contributed by atoms with Crippen molar-refractivity contribution in [2.24, 2.45) is 0 Å². The molecule has 0 aliphatic heterocycles. The zero-order valence-corrected chi connectivity index (χ0v) is 12.7. The van der Waals surface area contributed by atoms with E-state index in [2.05, 4.69) is 10.6 Å². The smallest absolute Gasteiger partial charge is 0.248 e. The average molecular weight is 315 g/mol. The van der Waals surface area contributed by atoms with Crippen molar-refractivity contribution in [2.75, 3.05) is 10.6 Å². The van der Waals surface area contributed by atoms with Gasteiger partial charge in [-0.2, -0.15) is 0 Å². The third-order valence-electron chi connectivity index (χ3n) is 2.77. The second kappa shape index (κ2) is 7.43. The van der Waals surface area contributed by atoms with Crippen LogP contribution in [0, 0.1) is 0 Å². The number of amides is 2. The molecule has 0 atom stereocenters. The standard InChI is InChI=1S/C17H15ClN2O2/c1-12(21)19-14-6-4-7-15(11-14)20-17(22)10-9-13-5-2-3-8-16(13)18/h2-11H,1H3,(H,19,21)(H,20,22)/b10-9+. The molecule has 0 heterocycles. The molecule has 0 aliphatic carbocycles. The highest BCUT2D eigenvalue weighted by molar-refractivity contribution is 6.32. The molecule has 0 saturated carbocycles. The predicted octanol–water partition coefficient (Wildman–Crippen LogP) is 3.95. The third-order valence-corrected chi connectivity index (χ3v) is 3.11. The monoisotopic (exact) mass is 314 g/mol. The van der Waals surface area contributed by atoms with Gasteiger partial charge in [0.15, 0.2) is 0 Å². The Morgan fingerprint density at radius 1 is 1.00 bits per heavy atom. The van der Waals surface area contributed by atoms with Gasteiger partial charge in [0.2, 0.25) is 11.8 Å². The molecule has 2 amide bonds. The lowest BCUT2D eigenvalue weighted by Gasteiger charge is -2.06. The van der Waals surface area contributed by atoms with Gasteiger partial charge in [-0.3, -0.25) is 9.59 Å². The van der Waals surface area contributed by atoms with Gasteiger partial charge in [0.05, 0.1) is 0 Å². The Morgan fingerprint density at radius 3 is 2.36 bits per heavy atom. The minimum absolute atomic E-state index is 0.165. The quantitative estimate of drug-likeness (QED) is 0.839. The molecule has 5 heteroatoms. The summed E-state index contributed by atoms with van der Waals surface area (Å²) < 4.78 is 0. The molecular weight excluding hydrogens is 300 g/mol. The molecular formula is C17H15ClN2O2. The topological polar surface area (TPSA) is 58.2 Å². The van der Waals surface area contributed by atoms with Gasteiger partial charge in [-0.25, -0.2) is 0 Å². The molecule has 2 rings (SSSR count). The van der Waals surface area contributed by atoms with Crippen molar-refractivity contribution in [2.45, 2.75) is 6.92 Å². The molecule has 0 spiro atoms. The van der Waals surface area contributed by atoms with Crippen molar-refractivity contribution in [1.29, 1.82) is 0 Å². The highest BCUT2D eigenvalue weighted by atomic mass is 35.5. The van der Waals surface area contributed by atoms with Crippen LogP contribution in [-0.2, 0) is 9.59 Å². The molecule has 0 fully saturated rings. The normalized spacial score (nSPS) is 10.5. The van der Waals surface area contributed by atoms with Crippen LogP contribution in [0.25, 0.3) is 6.08 Å². The number of rotatable bonds is 4. The number of benzene rings is 2. The Hall–Kier alpha value is -2.59. The number of anilines is 2. The van der Waals surface area contributed by atoms with E-state index in [9.17, 15) is 9.59 Å². The maximum Gasteiger partial charge on any atom is 0.248 e. The van der Waals surface area contributed by atoms with E-state index in [4.69, 9.17) is 11.6 Å². The molecule has 0 aromatic heterocycles. The summed E-state index contributed by atoms with van der Waals surface area (Å²) in [5, 5.41) is 5.97. The van der Waals surface area contributed by atoms with Gasteiger partial charge in [-0.1, -0.05) is 35.9 Å². The summed E-state index contributed by atoms with van der Waals surface area (Å²) in [7, 11) is 0. The van der Waals surface area contributed by atoms with Gasteiger partial charge in [0.25, 0.3) is 0 Å². The first-order chi connectivity index (χ1) is 10.5. The average Bonchev–Trinajstić information content (AvgIpc) is 2.46. The fourth-order valence-corrected chi connectivity index (χ4v) is 2.04. The van der Waals surface area contributed by atoms with Crippen LogP contribution in [0.15, 0.2) is 54.6 Å². The Labute approximate surface area is 133 Å². The van der Waals surface area contributed by atoms with E-state index in [1.165, 1.54) is 13.0 Å². The number of carbonyl (C=O) groups is 2. The van der Waals surface area contributed by atoms with Gasteiger partial charge in [-0.15, -0.1) is 0 Å². The summed E-state index contributed by atoms with van der Waals surface area (Å²) in [4.78, 5) is 22.9. The van der Waals surface area contributed by atoms with Crippen LogP contribution < -0.4 is 10.6 Å². The summed E-state index contributed by atoms with van der Waals surface area (Å²) in [6, 6.07) is 14.2. The number of carbonyl (C=O) groups excluding carboxylic acids is 2. The molecule has 4 nitrogen and oxygen atoms in total. The molecule has 0 aliphatic rings. The highest BCUT2D eigenvalue weighted by Gasteiger charge is 2.01. The van der Waals surface area contributed by atoms with E-state index >= 15 is 0 Å². The zero-order chi connectivity index (χ0) is 15.9. The van der Waals surface area contributed by atoms with Gasteiger partial charge in [-0.05, 0) is 35.9 Å². The highest BCUT2D eigenvalue weighted by Crippen LogP contribution is 2.17. The number of hydrogen-bond acceptors (Lipinski definition) is 2. The largest absolute Gasteiger partial charge is 0.326 e. The van der Waals surface area contributed by atoms with Gasteiger partial charge >= 0.3 is 0 Å². The molecule has 2 aromatic rings. The zero-order valence-electron chi connectivity index (χ0n) is 12.0.